The molecule has 0 aromatic heterocycles. The van der Waals surface area contributed by atoms with Crippen LogP contribution in [0.25, 0.3) is 0 Å². The summed E-state index contributed by atoms with van der Waals surface area (Å²) < 4.78 is 0. The summed E-state index contributed by atoms with van der Waals surface area (Å²) >= 11 is 13.5. The van der Waals surface area contributed by atoms with E-state index in [1.54, 1.807) is 12.1 Å². The van der Waals surface area contributed by atoms with Gasteiger partial charge < -0.3 is 5.11 Å². The third-order valence-electron chi connectivity index (χ3n) is 2.45. The average Bonchev–Trinajstić information content (AvgIpc) is 2.36. The van der Waals surface area contributed by atoms with Crippen LogP contribution in [-0.4, -0.2) is 11.1 Å². The molecule has 5 heteroatoms. The van der Waals surface area contributed by atoms with E-state index in [2.05, 4.69) is 0 Å². The largest absolute Gasteiger partial charge is 0.481 e. The Hall–Kier alpha value is -1.16. The highest BCUT2D eigenvalue weighted by Gasteiger charge is 2.10. The molecule has 2 aromatic carbocycles. The number of carbonyl (C=O) groups is 1. The number of carboxylic acid groups (broad SMARTS) is 1. The Bertz CT molecular complexity index is 614. The van der Waals surface area contributed by atoms with Crippen molar-refractivity contribution in [3.8, 4) is 0 Å². The van der Waals surface area contributed by atoms with Crippen molar-refractivity contribution in [3.63, 3.8) is 0 Å². The number of rotatable bonds is 4. The quantitative estimate of drug-likeness (QED) is 0.883. The third kappa shape index (κ3) is 3.66. The van der Waals surface area contributed by atoms with Crippen molar-refractivity contribution in [2.75, 3.05) is 0 Å². The predicted molar refractivity (Wildman–Crippen MR) is 78.4 cm³/mol. The molecule has 0 saturated heterocycles. The molecule has 0 aliphatic carbocycles. The standard InChI is InChI=1S/C14H10Cl2O2S/c15-10-5-3-7-12(14(10)16)19-11-6-2-1-4-9(11)8-13(17)18/h1-7H,8H2,(H,17,18). The molecular weight excluding hydrogens is 303 g/mol. The van der Waals surface area contributed by atoms with Gasteiger partial charge in [-0.15, -0.1) is 0 Å². The Labute approximate surface area is 125 Å². The van der Waals surface area contributed by atoms with Crippen LogP contribution in [-0.2, 0) is 11.2 Å². The first-order valence-corrected chi connectivity index (χ1v) is 7.06. The molecule has 0 fully saturated rings. The summed E-state index contributed by atoms with van der Waals surface area (Å²) in [5, 5.41) is 9.87. The highest BCUT2D eigenvalue weighted by atomic mass is 35.5. The third-order valence-corrected chi connectivity index (χ3v) is 4.56. The molecule has 19 heavy (non-hydrogen) atoms. The molecule has 2 rings (SSSR count). The van der Waals surface area contributed by atoms with E-state index in [9.17, 15) is 4.79 Å². The summed E-state index contributed by atoms with van der Waals surface area (Å²) in [6, 6.07) is 12.8. The molecule has 0 radical (unpaired) electrons. The molecule has 98 valence electrons. The zero-order chi connectivity index (χ0) is 13.8. The first kappa shape index (κ1) is 14.3. The van der Waals surface area contributed by atoms with Gasteiger partial charge in [-0.3, -0.25) is 4.79 Å². The van der Waals surface area contributed by atoms with E-state index in [1.165, 1.54) is 11.8 Å². The van der Waals surface area contributed by atoms with Gasteiger partial charge in [0.05, 0.1) is 16.5 Å². The van der Waals surface area contributed by atoms with Gasteiger partial charge in [-0.1, -0.05) is 59.2 Å². The van der Waals surface area contributed by atoms with E-state index in [1.807, 2.05) is 30.3 Å². The highest BCUT2D eigenvalue weighted by Crippen LogP contribution is 2.38. The van der Waals surface area contributed by atoms with Crippen LogP contribution in [0, 0.1) is 0 Å². The molecule has 1 N–H and O–H groups in total. The summed E-state index contributed by atoms with van der Waals surface area (Å²) in [5.41, 5.74) is 0.760. The minimum Gasteiger partial charge on any atom is -0.481 e. The van der Waals surface area contributed by atoms with Crippen molar-refractivity contribution in [1.29, 1.82) is 0 Å². The van der Waals surface area contributed by atoms with Crippen LogP contribution in [0.3, 0.4) is 0 Å². The number of halogens is 2. The Morgan fingerprint density at radius 1 is 1.05 bits per heavy atom. The van der Waals surface area contributed by atoms with Gasteiger partial charge in [0, 0.05) is 9.79 Å². The first-order valence-electron chi connectivity index (χ1n) is 5.49. The number of hydrogen-bond donors (Lipinski definition) is 1. The van der Waals surface area contributed by atoms with Gasteiger partial charge >= 0.3 is 5.97 Å². The fourth-order valence-corrected chi connectivity index (χ4v) is 3.07. The molecule has 0 atom stereocenters. The SMILES string of the molecule is O=C(O)Cc1ccccc1Sc1cccc(Cl)c1Cl. The van der Waals surface area contributed by atoms with Gasteiger partial charge in [0.1, 0.15) is 0 Å². The molecule has 0 heterocycles. The van der Waals surface area contributed by atoms with Crippen molar-refractivity contribution < 1.29 is 9.90 Å². The van der Waals surface area contributed by atoms with Crippen LogP contribution in [0.4, 0.5) is 0 Å². The monoisotopic (exact) mass is 312 g/mol. The van der Waals surface area contributed by atoms with E-state index in [-0.39, 0.29) is 6.42 Å². The highest BCUT2D eigenvalue weighted by molar-refractivity contribution is 7.99. The van der Waals surface area contributed by atoms with E-state index in [0.717, 1.165) is 15.4 Å². The number of carboxylic acids is 1. The molecule has 0 saturated carbocycles. The lowest BCUT2D eigenvalue weighted by atomic mass is 10.1. The second kappa shape index (κ2) is 6.33. The second-order valence-corrected chi connectivity index (χ2v) is 5.70. The lowest BCUT2D eigenvalue weighted by molar-refractivity contribution is -0.136. The topological polar surface area (TPSA) is 37.3 Å². The Kier molecular flexibility index (Phi) is 4.75. The van der Waals surface area contributed by atoms with Crippen molar-refractivity contribution >= 4 is 40.9 Å². The van der Waals surface area contributed by atoms with Gasteiger partial charge in [-0.05, 0) is 23.8 Å². The molecule has 0 aliphatic heterocycles. The minimum atomic E-state index is -0.856. The van der Waals surface area contributed by atoms with Gasteiger partial charge in [-0.25, -0.2) is 0 Å². The van der Waals surface area contributed by atoms with Gasteiger partial charge in [0.25, 0.3) is 0 Å². The van der Waals surface area contributed by atoms with Crippen LogP contribution in [0.2, 0.25) is 10.0 Å². The molecule has 0 unspecified atom stereocenters. The maximum Gasteiger partial charge on any atom is 0.307 e. The van der Waals surface area contributed by atoms with Gasteiger partial charge in [0.15, 0.2) is 0 Å². The van der Waals surface area contributed by atoms with Crippen LogP contribution in [0.15, 0.2) is 52.3 Å². The van der Waals surface area contributed by atoms with Gasteiger partial charge in [-0.2, -0.15) is 0 Å². The van der Waals surface area contributed by atoms with Crippen LogP contribution < -0.4 is 0 Å². The maximum absolute atomic E-state index is 10.8. The summed E-state index contributed by atoms with van der Waals surface area (Å²) in [7, 11) is 0. The smallest absolute Gasteiger partial charge is 0.307 e. The van der Waals surface area contributed by atoms with Crippen molar-refractivity contribution in [2.45, 2.75) is 16.2 Å². The van der Waals surface area contributed by atoms with E-state index in [4.69, 9.17) is 28.3 Å². The lowest BCUT2D eigenvalue weighted by Crippen LogP contribution is -2.01. The number of hydrogen-bond acceptors (Lipinski definition) is 2. The molecule has 2 aromatic rings. The van der Waals surface area contributed by atoms with Crippen LogP contribution in [0.1, 0.15) is 5.56 Å². The minimum absolute atomic E-state index is 0.0125. The Morgan fingerprint density at radius 3 is 2.47 bits per heavy atom. The molecule has 0 aliphatic rings. The van der Waals surface area contributed by atoms with Crippen molar-refractivity contribution in [2.24, 2.45) is 0 Å². The van der Waals surface area contributed by atoms with E-state index < -0.39 is 5.97 Å². The first-order chi connectivity index (χ1) is 9.08. The normalized spacial score (nSPS) is 10.4. The fraction of sp³-hybridized carbons (Fsp3) is 0.0714. The van der Waals surface area contributed by atoms with E-state index in [0.29, 0.717) is 10.0 Å². The molecule has 2 nitrogen and oxygen atoms in total. The lowest BCUT2D eigenvalue weighted by Gasteiger charge is -2.09. The number of aliphatic carboxylic acids is 1. The van der Waals surface area contributed by atoms with Crippen molar-refractivity contribution in [1.82, 2.24) is 0 Å². The van der Waals surface area contributed by atoms with Crippen LogP contribution >= 0.6 is 35.0 Å². The summed E-state index contributed by atoms with van der Waals surface area (Å²) in [6.07, 6.45) is -0.0125. The van der Waals surface area contributed by atoms with Gasteiger partial charge in [0.2, 0.25) is 0 Å². The summed E-state index contributed by atoms with van der Waals surface area (Å²) in [5.74, 6) is -0.856. The number of benzene rings is 2. The van der Waals surface area contributed by atoms with E-state index >= 15 is 0 Å². The fourth-order valence-electron chi connectivity index (χ4n) is 1.59. The average molecular weight is 313 g/mol. The molecule has 0 amide bonds. The Balaban J connectivity index is 2.33. The van der Waals surface area contributed by atoms with Crippen molar-refractivity contribution in [3.05, 3.63) is 58.1 Å². The molecule has 0 bridgehead atoms. The maximum atomic E-state index is 10.8. The zero-order valence-electron chi connectivity index (χ0n) is 9.77. The summed E-state index contributed by atoms with van der Waals surface area (Å²) in [4.78, 5) is 12.5. The van der Waals surface area contributed by atoms with Crippen LogP contribution in [0.5, 0.6) is 0 Å². The Morgan fingerprint density at radius 2 is 1.74 bits per heavy atom. The molecular formula is C14H10Cl2O2S. The second-order valence-electron chi connectivity index (χ2n) is 3.83. The predicted octanol–water partition coefficient (Wildman–Crippen LogP) is 4.77. The summed E-state index contributed by atoms with van der Waals surface area (Å²) in [6.45, 7) is 0. The molecule has 0 spiro atoms. The zero-order valence-corrected chi connectivity index (χ0v) is 12.1.